The summed E-state index contributed by atoms with van der Waals surface area (Å²) in [6.45, 7) is 0.0347. The first-order valence-electron chi connectivity index (χ1n) is 3.91. The molecule has 0 aliphatic carbocycles. The van der Waals surface area contributed by atoms with Crippen LogP contribution >= 0.6 is 0 Å². The molecule has 4 nitrogen and oxygen atoms in total. The van der Waals surface area contributed by atoms with Crippen LogP contribution in [0.1, 0.15) is 0 Å². The maximum atomic E-state index is 11.2. The van der Waals surface area contributed by atoms with E-state index in [2.05, 4.69) is 0 Å². The van der Waals surface area contributed by atoms with Gasteiger partial charge in [0, 0.05) is 13.1 Å². The molecule has 1 aromatic carbocycles. The van der Waals surface area contributed by atoms with E-state index in [0.717, 1.165) is 0 Å². The molecule has 0 atom stereocenters. The first-order chi connectivity index (χ1) is 6.18. The predicted octanol–water partition coefficient (Wildman–Crippen LogP) is 0.747. The number of aromatic hydroxyl groups is 1. The standard InChI is InChI=1S/C9H9NO3/c1-10-7-3-2-6(11)4-8(7)13-5-9(10)12/h2-4,11H,5H2,1H3. The van der Waals surface area contributed by atoms with Crippen LogP contribution in [0.15, 0.2) is 18.2 Å². The third-order valence-corrected chi connectivity index (χ3v) is 2.03. The fraction of sp³-hybridized carbons (Fsp3) is 0.222. The molecule has 4 heteroatoms. The van der Waals surface area contributed by atoms with E-state index in [1.807, 2.05) is 0 Å². The molecular formula is C9H9NO3. The minimum atomic E-state index is -0.0850. The van der Waals surface area contributed by atoms with E-state index in [9.17, 15) is 4.79 Å². The number of amides is 1. The Labute approximate surface area is 75.3 Å². The SMILES string of the molecule is CN1C(=O)COc2cc(O)ccc21. The lowest BCUT2D eigenvalue weighted by atomic mass is 10.2. The van der Waals surface area contributed by atoms with Gasteiger partial charge in [-0.15, -0.1) is 0 Å². The van der Waals surface area contributed by atoms with Gasteiger partial charge in [0.15, 0.2) is 6.61 Å². The van der Waals surface area contributed by atoms with Gasteiger partial charge in [0.05, 0.1) is 5.69 Å². The van der Waals surface area contributed by atoms with Crippen molar-refractivity contribution in [3.8, 4) is 11.5 Å². The van der Waals surface area contributed by atoms with Crippen molar-refractivity contribution >= 4 is 11.6 Å². The van der Waals surface area contributed by atoms with Crippen LogP contribution in [0, 0.1) is 0 Å². The molecule has 0 spiro atoms. The van der Waals surface area contributed by atoms with Gasteiger partial charge in [-0.05, 0) is 12.1 Å². The normalized spacial score (nSPS) is 15.2. The number of nitrogens with zero attached hydrogens (tertiary/aromatic N) is 1. The molecule has 1 N–H and O–H groups in total. The van der Waals surface area contributed by atoms with E-state index >= 15 is 0 Å². The largest absolute Gasteiger partial charge is 0.508 e. The van der Waals surface area contributed by atoms with E-state index in [1.54, 1.807) is 13.1 Å². The van der Waals surface area contributed by atoms with Crippen molar-refractivity contribution in [2.75, 3.05) is 18.6 Å². The van der Waals surface area contributed by atoms with Gasteiger partial charge in [0.2, 0.25) is 0 Å². The molecule has 0 saturated heterocycles. The fourth-order valence-electron chi connectivity index (χ4n) is 1.27. The monoisotopic (exact) mass is 179 g/mol. The molecule has 0 fully saturated rings. The van der Waals surface area contributed by atoms with Crippen LogP contribution in [-0.2, 0) is 4.79 Å². The topological polar surface area (TPSA) is 49.8 Å². The van der Waals surface area contributed by atoms with Gasteiger partial charge in [0.1, 0.15) is 11.5 Å². The van der Waals surface area contributed by atoms with Gasteiger partial charge < -0.3 is 14.7 Å². The lowest BCUT2D eigenvalue weighted by Gasteiger charge is -2.25. The number of hydrogen-bond donors (Lipinski definition) is 1. The van der Waals surface area contributed by atoms with Crippen LogP contribution in [0.5, 0.6) is 11.5 Å². The zero-order valence-electron chi connectivity index (χ0n) is 7.15. The molecule has 0 bridgehead atoms. The Morgan fingerprint density at radius 3 is 3.08 bits per heavy atom. The van der Waals surface area contributed by atoms with Crippen LogP contribution in [0.4, 0.5) is 5.69 Å². The molecule has 0 radical (unpaired) electrons. The number of phenolic OH excluding ortho intramolecular Hbond substituents is 1. The van der Waals surface area contributed by atoms with Gasteiger partial charge in [0.25, 0.3) is 5.91 Å². The summed E-state index contributed by atoms with van der Waals surface area (Å²) < 4.78 is 5.14. The highest BCUT2D eigenvalue weighted by atomic mass is 16.5. The summed E-state index contributed by atoms with van der Waals surface area (Å²) in [7, 11) is 1.68. The summed E-state index contributed by atoms with van der Waals surface area (Å²) >= 11 is 0. The number of carbonyl (C=O) groups excluding carboxylic acids is 1. The quantitative estimate of drug-likeness (QED) is 0.639. The summed E-state index contributed by atoms with van der Waals surface area (Å²) in [5, 5.41) is 9.16. The number of phenols is 1. The maximum Gasteiger partial charge on any atom is 0.264 e. The predicted molar refractivity (Wildman–Crippen MR) is 47.0 cm³/mol. The molecule has 0 unspecified atom stereocenters. The maximum absolute atomic E-state index is 11.2. The zero-order chi connectivity index (χ0) is 9.42. The van der Waals surface area contributed by atoms with Gasteiger partial charge >= 0.3 is 0 Å². The molecule has 1 aromatic rings. The highest BCUT2D eigenvalue weighted by molar-refractivity contribution is 5.97. The second-order valence-corrected chi connectivity index (χ2v) is 2.89. The van der Waals surface area contributed by atoms with Crippen LogP contribution in [0.3, 0.4) is 0 Å². The lowest BCUT2D eigenvalue weighted by Crippen LogP contribution is -2.35. The van der Waals surface area contributed by atoms with Crippen LogP contribution in [0.2, 0.25) is 0 Å². The second-order valence-electron chi connectivity index (χ2n) is 2.89. The number of ether oxygens (including phenoxy) is 1. The first kappa shape index (κ1) is 7.91. The van der Waals surface area contributed by atoms with E-state index < -0.39 is 0 Å². The van der Waals surface area contributed by atoms with Gasteiger partial charge in [-0.1, -0.05) is 0 Å². The average molecular weight is 179 g/mol. The first-order valence-corrected chi connectivity index (χ1v) is 3.91. The van der Waals surface area contributed by atoms with Crippen molar-refractivity contribution < 1.29 is 14.6 Å². The number of likely N-dealkylation sites (N-methyl/N-ethyl adjacent to an activating group) is 1. The molecular weight excluding hydrogens is 170 g/mol. The Balaban J connectivity index is 2.49. The third kappa shape index (κ3) is 1.20. The molecule has 1 aliphatic rings. The summed E-state index contributed by atoms with van der Waals surface area (Å²) in [4.78, 5) is 12.7. The number of carbonyl (C=O) groups is 1. The number of benzene rings is 1. The lowest BCUT2D eigenvalue weighted by molar-refractivity contribution is -0.120. The van der Waals surface area contributed by atoms with Gasteiger partial charge in [-0.3, -0.25) is 4.79 Å². The van der Waals surface area contributed by atoms with Crippen molar-refractivity contribution in [3.63, 3.8) is 0 Å². The Bertz CT molecular complexity index is 362. The van der Waals surface area contributed by atoms with Crippen LogP contribution < -0.4 is 9.64 Å². The average Bonchev–Trinajstić information content (AvgIpc) is 2.12. The van der Waals surface area contributed by atoms with E-state index in [-0.39, 0.29) is 18.3 Å². The van der Waals surface area contributed by atoms with E-state index in [0.29, 0.717) is 11.4 Å². The highest BCUT2D eigenvalue weighted by Crippen LogP contribution is 2.33. The summed E-state index contributed by atoms with van der Waals surface area (Å²) in [6.07, 6.45) is 0. The molecule has 68 valence electrons. The number of hydrogen-bond acceptors (Lipinski definition) is 3. The van der Waals surface area contributed by atoms with E-state index in [4.69, 9.17) is 9.84 Å². The number of fused-ring (bicyclic) bond motifs is 1. The smallest absolute Gasteiger partial charge is 0.264 e. The Morgan fingerprint density at radius 2 is 2.31 bits per heavy atom. The molecule has 1 aliphatic heterocycles. The zero-order valence-corrected chi connectivity index (χ0v) is 7.15. The van der Waals surface area contributed by atoms with Crippen molar-refractivity contribution in [2.24, 2.45) is 0 Å². The molecule has 1 heterocycles. The number of rotatable bonds is 0. The summed E-state index contributed by atoms with van der Waals surface area (Å²) in [6, 6.07) is 4.68. The Hall–Kier alpha value is -1.71. The minimum absolute atomic E-state index is 0.0347. The van der Waals surface area contributed by atoms with Gasteiger partial charge in [-0.25, -0.2) is 0 Å². The van der Waals surface area contributed by atoms with Gasteiger partial charge in [-0.2, -0.15) is 0 Å². The van der Waals surface area contributed by atoms with Crippen LogP contribution in [0.25, 0.3) is 0 Å². The molecule has 2 rings (SSSR count). The van der Waals surface area contributed by atoms with E-state index in [1.165, 1.54) is 17.0 Å². The minimum Gasteiger partial charge on any atom is -0.508 e. The Kier molecular flexibility index (Phi) is 1.62. The highest BCUT2D eigenvalue weighted by Gasteiger charge is 2.21. The molecule has 0 aromatic heterocycles. The second kappa shape index (κ2) is 2.65. The fourth-order valence-corrected chi connectivity index (χ4v) is 1.27. The molecule has 1 amide bonds. The van der Waals surface area contributed by atoms with Crippen molar-refractivity contribution in [2.45, 2.75) is 0 Å². The third-order valence-electron chi connectivity index (χ3n) is 2.03. The van der Waals surface area contributed by atoms with Crippen molar-refractivity contribution in [3.05, 3.63) is 18.2 Å². The van der Waals surface area contributed by atoms with Crippen molar-refractivity contribution in [1.82, 2.24) is 0 Å². The van der Waals surface area contributed by atoms with Crippen LogP contribution in [-0.4, -0.2) is 24.7 Å². The Morgan fingerprint density at radius 1 is 1.54 bits per heavy atom. The van der Waals surface area contributed by atoms with Crippen molar-refractivity contribution in [1.29, 1.82) is 0 Å². The number of anilines is 1. The summed E-state index contributed by atoms with van der Waals surface area (Å²) in [5.41, 5.74) is 0.689. The molecule has 13 heavy (non-hydrogen) atoms. The molecule has 0 saturated carbocycles. The summed E-state index contributed by atoms with van der Waals surface area (Å²) in [5.74, 6) is 0.599.